The molecule has 0 aromatic heterocycles. The van der Waals surface area contributed by atoms with Crippen molar-refractivity contribution in [3.63, 3.8) is 0 Å². The highest BCUT2D eigenvalue weighted by Crippen LogP contribution is 1.95. The molecule has 0 bridgehead atoms. The third-order valence-corrected chi connectivity index (χ3v) is 0.973. The topological polar surface area (TPSA) is 9.23 Å². The lowest BCUT2D eigenvalue weighted by Gasteiger charge is -1.94. The molecule has 66 valence electrons. The zero-order chi connectivity index (χ0) is 9.28. The molecule has 0 aromatic rings. The molecule has 0 aliphatic heterocycles. The zero-order valence-electron chi connectivity index (χ0n) is 8.56. The van der Waals surface area contributed by atoms with E-state index in [1.165, 1.54) is 5.57 Å². The quantitative estimate of drug-likeness (QED) is 0.439. The fraction of sp³-hybridized carbons (Fsp3) is 0.600. The molecule has 1 heteroatoms. The Morgan fingerprint density at radius 1 is 1.00 bits per heavy atom. The summed E-state index contributed by atoms with van der Waals surface area (Å²) in [4.78, 5) is 0. The molecule has 0 heterocycles. The van der Waals surface area contributed by atoms with Crippen LogP contribution in [0.25, 0.3) is 0 Å². The standard InChI is InChI=1S/C8H14O.C2H6/c1-7(2)5-6-8(3)9-4;1-2/h5-6H,1-4H3;1-2H3/b8-6+;. The van der Waals surface area contributed by atoms with Gasteiger partial charge in [0, 0.05) is 0 Å². The van der Waals surface area contributed by atoms with Crippen LogP contribution in [0.4, 0.5) is 0 Å². The van der Waals surface area contributed by atoms with Crippen LogP contribution in [0.15, 0.2) is 23.5 Å². The van der Waals surface area contributed by atoms with Gasteiger partial charge < -0.3 is 4.74 Å². The monoisotopic (exact) mass is 156 g/mol. The molecular formula is C10H20O. The van der Waals surface area contributed by atoms with Crippen molar-refractivity contribution >= 4 is 0 Å². The number of hydrogen-bond acceptors (Lipinski definition) is 1. The molecule has 0 amide bonds. The Bertz CT molecular complexity index is 128. The Hall–Kier alpha value is -0.720. The van der Waals surface area contributed by atoms with E-state index in [1.807, 2.05) is 32.9 Å². The van der Waals surface area contributed by atoms with Crippen LogP contribution < -0.4 is 0 Å². The van der Waals surface area contributed by atoms with Crippen LogP contribution in [0.2, 0.25) is 0 Å². The second kappa shape index (κ2) is 9.28. The molecule has 0 saturated heterocycles. The van der Waals surface area contributed by atoms with E-state index in [-0.39, 0.29) is 0 Å². The van der Waals surface area contributed by atoms with Gasteiger partial charge in [-0.1, -0.05) is 25.5 Å². The Kier molecular flexibility index (Phi) is 10.9. The molecule has 0 radical (unpaired) electrons. The maximum Gasteiger partial charge on any atom is 0.0924 e. The number of rotatable bonds is 2. The van der Waals surface area contributed by atoms with Gasteiger partial charge in [-0.3, -0.25) is 0 Å². The molecule has 0 saturated carbocycles. The molecular weight excluding hydrogens is 136 g/mol. The van der Waals surface area contributed by atoms with E-state index in [2.05, 4.69) is 13.8 Å². The fourth-order valence-corrected chi connectivity index (χ4v) is 0.352. The van der Waals surface area contributed by atoms with Gasteiger partial charge in [-0.15, -0.1) is 0 Å². The summed E-state index contributed by atoms with van der Waals surface area (Å²) >= 11 is 0. The molecule has 11 heavy (non-hydrogen) atoms. The van der Waals surface area contributed by atoms with Crippen LogP contribution in [-0.4, -0.2) is 7.11 Å². The van der Waals surface area contributed by atoms with Crippen molar-refractivity contribution in [2.75, 3.05) is 7.11 Å². The highest BCUT2D eigenvalue weighted by atomic mass is 16.5. The second-order valence-corrected chi connectivity index (χ2v) is 2.23. The summed E-state index contributed by atoms with van der Waals surface area (Å²) < 4.78 is 4.92. The average molecular weight is 156 g/mol. The van der Waals surface area contributed by atoms with Gasteiger partial charge >= 0.3 is 0 Å². The average Bonchev–Trinajstić information content (AvgIpc) is 2.04. The van der Waals surface area contributed by atoms with Gasteiger partial charge in [-0.05, 0) is 26.8 Å². The van der Waals surface area contributed by atoms with E-state index in [0.29, 0.717) is 0 Å². The summed E-state index contributed by atoms with van der Waals surface area (Å²) in [7, 11) is 1.67. The van der Waals surface area contributed by atoms with Crippen LogP contribution >= 0.6 is 0 Å². The molecule has 0 rings (SSSR count). The van der Waals surface area contributed by atoms with Crippen LogP contribution in [0.3, 0.4) is 0 Å². The van der Waals surface area contributed by atoms with Crippen molar-refractivity contribution in [2.45, 2.75) is 34.6 Å². The number of allylic oxidation sites excluding steroid dienone is 4. The van der Waals surface area contributed by atoms with E-state index < -0.39 is 0 Å². The highest BCUT2D eigenvalue weighted by Gasteiger charge is 1.78. The maximum absolute atomic E-state index is 4.92. The summed E-state index contributed by atoms with van der Waals surface area (Å²) in [5.74, 6) is 0.941. The molecule has 0 atom stereocenters. The Morgan fingerprint density at radius 2 is 1.45 bits per heavy atom. The SMILES string of the molecule is CC.CO/C(C)=C/C=C(C)C. The van der Waals surface area contributed by atoms with Crippen molar-refractivity contribution in [2.24, 2.45) is 0 Å². The van der Waals surface area contributed by atoms with E-state index in [1.54, 1.807) is 7.11 Å². The molecule has 1 nitrogen and oxygen atoms in total. The predicted octanol–water partition coefficient (Wildman–Crippen LogP) is 3.53. The van der Waals surface area contributed by atoms with Crippen molar-refractivity contribution in [1.29, 1.82) is 0 Å². The molecule has 0 spiro atoms. The molecule has 0 aliphatic rings. The maximum atomic E-state index is 4.92. The fourth-order valence-electron chi connectivity index (χ4n) is 0.352. The summed E-state index contributed by atoms with van der Waals surface area (Å²) in [6.45, 7) is 10.0. The van der Waals surface area contributed by atoms with Gasteiger partial charge in [0.25, 0.3) is 0 Å². The first-order valence-corrected chi connectivity index (χ1v) is 4.02. The Balaban J connectivity index is 0. The summed E-state index contributed by atoms with van der Waals surface area (Å²) in [5.41, 5.74) is 1.28. The lowest BCUT2D eigenvalue weighted by molar-refractivity contribution is 0.294. The summed E-state index contributed by atoms with van der Waals surface area (Å²) in [6, 6.07) is 0. The van der Waals surface area contributed by atoms with E-state index >= 15 is 0 Å². The zero-order valence-corrected chi connectivity index (χ0v) is 8.56. The lowest BCUT2D eigenvalue weighted by Crippen LogP contribution is -1.76. The van der Waals surface area contributed by atoms with Gasteiger partial charge in [0.15, 0.2) is 0 Å². The van der Waals surface area contributed by atoms with Gasteiger partial charge in [0.2, 0.25) is 0 Å². The van der Waals surface area contributed by atoms with Gasteiger partial charge in [-0.25, -0.2) is 0 Å². The third-order valence-electron chi connectivity index (χ3n) is 0.973. The Morgan fingerprint density at radius 3 is 1.73 bits per heavy atom. The van der Waals surface area contributed by atoms with Crippen LogP contribution in [0.1, 0.15) is 34.6 Å². The van der Waals surface area contributed by atoms with Gasteiger partial charge in [0.05, 0.1) is 12.9 Å². The molecule has 0 unspecified atom stereocenters. The van der Waals surface area contributed by atoms with Crippen LogP contribution in [-0.2, 0) is 4.74 Å². The normalized spacial score (nSPS) is 9.45. The van der Waals surface area contributed by atoms with E-state index in [4.69, 9.17) is 4.74 Å². The van der Waals surface area contributed by atoms with Crippen molar-refractivity contribution < 1.29 is 4.74 Å². The number of hydrogen-bond donors (Lipinski definition) is 0. The van der Waals surface area contributed by atoms with E-state index in [9.17, 15) is 0 Å². The first-order valence-electron chi connectivity index (χ1n) is 4.02. The minimum absolute atomic E-state index is 0.941. The first-order chi connectivity index (χ1) is 5.16. The summed E-state index contributed by atoms with van der Waals surface area (Å²) in [5, 5.41) is 0. The van der Waals surface area contributed by atoms with Gasteiger partial charge in [-0.2, -0.15) is 0 Å². The van der Waals surface area contributed by atoms with Crippen molar-refractivity contribution in [1.82, 2.24) is 0 Å². The largest absolute Gasteiger partial charge is 0.501 e. The Labute approximate surface area is 70.8 Å². The first kappa shape index (κ1) is 12.9. The lowest BCUT2D eigenvalue weighted by atomic mass is 10.3. The predicted molar refractivity (Wildman–Crippen MR) is 51.5 cm³/mol. The van der Waals surface area contributed by atoms with Crippen LogP contribution in [0, 0.1) is 0 Å². The molecule has 0 N–H and O–H groups in total. The number of methoxy groups -OCH3 is 1. The van der Waals surface area contributed by atoms with Crippen molar-refractivity contribution in [3.05, 3.63) is 23.5 Å². The smallest absolute Gasteiger partial charge is 0.0924 e. The third kappa shape index (κ3) is 12.5. The minimum atomic E-state index is 0.941. The second-order valence-electron chi connectivity index (χ2n) is 2.23. The van der Waals surface area contributed by atoms with Gasteiger partial charge in [0.1, 0.15) is 0 Å². The number of ether oxygens (including phenoxy) is 1. The molecule has 0 aliphatic carbocycles. The van der Waals surface area contributed by atoms with E-state index in [0.717, 1.165) is 5.76 Å². The summed E-state index contributed by atoms with van der Waals surface area (Å²) in [6.07, 6.45) is 3.98. The molecule has 0 fully saturated rings. The van der Waals surface area contributed by atoms with Crippen LogP contribution in [0.5, 0.6) is 0 Å². The highest BCUT2D eigenvalue weighted by molar-refractivity contribution is 5.10. The minimum Gasteiger partial charge on any atom is -0.501 e. The van der Waals surface area contributed by atoms with Crippen molar-refractivity contribution in [3.8, 4) is 0 Å². The molecule has 0 aromatic carbocycles.